The topological polar surface area (TPSA) is 156 Å². The van der Waals surface area contributed by atoms with Crippen molar-refractivity contribution in [3.8, 4) is 0 Å². The predicted molar refractivity (Wildman–Crippen MR) is 163 cm³/mol. The Morgan fingerprint density at radius 3 is 2.38 bits per heavy atom. The van der Waals surface area contributed by atoms with Crippen molar-refractivity contribution in [1.29, 1.82) is 0 Å². The normalized spacial score (nSPS) is 11.8. The van der Waals surface area contributed by atoms with Crippen LogP contribution in [0, 0.1) is 17.0 Å². The van der Waals surface area contributed by atoms with Crippen molar-refractivity contribution in [2.45, 2.75) is 30.4 Å². The molecule has 3 aromatic carbocycles. The Morgan fingerprint density at radius 2 is 1.74 bits per heavy atom. The molecule has 0 bridgehead atoms. The van der Waals surface area contributed by atoms with Crippen LogP contribution in [0.4, 0.5) is 16.5 Å². The average molecular weight is 603 g/mol. The molecule has 1 heterocycles. The van der Waals surface area contributed by atoms with Crippen molar-refractivity contribution in [1.82, 2.24) is 15.5 Å². The van der Waals surface area contributed by atoms with E-state index in [1.807, 2.05) is 13.0 Å². The molecule has 0 aliphatic heterocycles. The van der Waals surface area contributed by atoms with Gasteiger partial charge in [-0.2, -0.15) is 0 Å². The molecule has 4 aromatic rings. The summed E-state index contributed by atoms with van der Waals surface area (Å²) in [6.45, 7) is 3.71. The number of thioether (sulfide) groups is 1. The Bertz CT molecular complexity index is 1620. The van der Waals surface area contributed by atoms with E-state index in [-0.39, 0.29) is 17.3 Å². The number of rotatable bonds is 11. The Kier molecular flexibility index (Phi) is 10.1. The highest BCUT2D eigenvalue weighted by molar-refractivity contribution is 8.00. The van der Waals surface area contributed by atoms with Crippen molar-refractivity contribution in [2.75, 3.05) is 10.6 Å². The van der Waals surface area contributed by atoms with Gasteiger partial charge in [-0.3, -0.25) is 29.8 Å². The number of nitro benzene ring substituents is 1. The highest BCUT2D eigenvalue weighted by Crippen LogP contribution is 2.29. The Morgan fingerprint density at radius 1 is 1.00 bits per heavy atom. The Hall–Kier alpha value is -4.88. The third kappa shape index (κ3) is 8.32. The van der Waals surface area contributed by atoms with Gasteiger partial charge in [0, 0.05) is 28.3 Å². The van der Waals surface area contributed by atoms with Crippen LogP contribution in [0.15, 0.2) is 89.5 Å². The number of amides is 3. The number of non-ortho nitro benzene ring substituents is 1. The van der Waals surface area contributed by atoms with Gasteiger partial charge in [-0.05, 0) is 67.4 Å². The first kappa shape index (κ1) is 30.1. The second kappa shape index (κ2) is 14.1. The first-order valence-corrected chi connectivity index (χ1v) is 14.4. The third-order valence-electron chi connectivity index (χ3n) is 5.73. The lowest BCUT2D eigenvalue weighted by Gasteiger charge is -2.15. The van der Waals surface area contributed by atoms with E-state index in [2.05, 4.69) is 26.1 Å². The van der Waals surface area contributed by atoms with Crippen molar-refractivity contribution in [3.05, 3.63) is 111 Å². The molecule has 0 aliphatic rings. The maximum absolute atomic E-state index is 13.4. The number of carbonyl (C=O) groups excluding carboxylic acids is 3. The summed E-state index contributed by atoms with van der Waals surface area (Å²) >= 11 is 2.63. The van der Waals surface area contributed by atoms with E-state index in [0.717, 1.165) is 9.90 Å². The molecule has 0 spiro atoms. The van der Waals surface area contributed by atoms with Crippen molar-refractivity contribution in [2.24, 2.45) is 0 Å². The molecule has 42 heavy (non-hydrogen) atoms. The number of aryl methyl sites for hydroxylation is 1. The number of nitro groups is 1. The molecular weight excluding hydrogens is 576 g/mol. The maximum atomic E-state index is 13.4. The Balaban J connectivity index is 1.51. The molecule has 0 saturated heterocycles. The largest absolute Gasteiger partial charge is 0.321 e. The number of hydrogen-bond donors (Lipinski definition) is 3. The van der Waals surface area contributed by atoms with Gasteiger partial charge in [0.15, 0.2) is 0 Å². The number of aromatic nitrogens is 2. The van der Waals surface area contributed by atoms with E-state index in [0.29, 0.717) is 28.4 Å². The first-order valence-electron chi connectivity index (χ1n) is 12.7. The van der Waals surface area contributed by atoms with Gasteiger partial charge in [-0.15, -0.1) is 22.0 Å². The van der Waals surface area contributed by atoms with Crippen molar-refractivity contribution in [3.63, 3.8) is 0 Å². The van der Waals surface area contributed by atoms with Crippen LogP contribution in [0.25, 0.3) is 6.08 Å². The van der Waals surface area contributed by atoms with E-state index in [4.69, 9.17) is 0 Å². The fraction of sp³-hybridized carbons (Fsp3) is 0.138. The average Bonchev–Trinajstić information content (AvgIpc) is 3.40. The lowest BCUT2D eigenvalue weighted by Crippen LogP contribution is -2.30. The zero-order valence-electron chi connectivity index (χ0n) is 22.6. The SMILES string of the molecule is CCC(Sc1cccc(NC(=O)/C(=C\c2ccc([N+](=O)[O-])cc2)NC(=O)c2ccccc2)c1)C(=O)Nc1nnc(C)s1. The smallest absolute Gasteiger partial charge is 0.272 e. The minimum Gasteiger partial charge on any atom is -0.321 e. The summed E-state index contributed by atoms with van der Waals surface area (Å²) in [5.41, 5.74) is 1.12. The minimum absolute atomic E-state index is 0.0612. The second-order valence-corrected chi connectivity index (χ2v) is 11.3. The fourth-order valence-electron chi connectivity index (χ4n) is 3.67. The van der Waals surface area contributed by atoms with E-state index in [1.54, 1.807) is 55.5 Å². The van der Waals surface area contributed by atoms with E-state index >= 15 is 0 Å². The molecule has 1 unspecified atom stereocenters. The fourth-order valence-corrected chi connectivity index (χ4v) is 5.27. The first-order chi connectivity index (χ1) is 20.2. The maximum Gasteiger partial charge on any atom is 0.272 e. The van der Waals surface area contributed by atoms with Crippen LogP contribution >= 0.6 is 23.1 Å². The summed E-state index contributed by atoms with van der Waals surface area (Å²) in [4.78, 5) is 50.3. The molecule has 13 heteroatoms. The van der Waals surface area contributed by atoms with Crippen LogP contribution in [0.1, 0.15) is 34.3 Å². The van der Waals surface area contributed by atoms with E-state index in [9.17, 15) is 24.5 Å². The summed E-state index contributed by atoms with van der Waals surface area (Å²) in [5, 5.41) is 27.9. The molecule has 0 saturated carbocycles. The molecule has 3 amide bonds. The van der Waals surface area contributed by atoms with Gasteiger partial charge in [0.2, 0.25) is 11.0 Å². The number of hydrogen-bond acceptors (Lipinski definition) is 9. The van der Waals surface area contributed by atoms with Crippen LogP contribution in [0.5, 0.6) is 0 Å². The standard InChI is InChI=1S/C29H26N6O5S2/c1-3-25(28(38)32-29-34-33-18(2)41-29)42-23-11-7-10-21(17-23)30-27(37)24(31-26(36)20-8-5-4-6-9-20)16-19-12-14-22(15-13-19)35(39)40/h4-17,25H,3H2,1-2H3,(H,30,37)(H,31,36)(H,32,34,38)/b24-16+. The summed E-state index contributed by atoms with van der Waals surface area (Å²) in [7, 11) is 0. The zero-order valence-corrected chi connectivity index (χ0v) is 24.2. The number of nitrogens with zero attached hydrogens (tertiary/aromatic N) is 3. The lowest BCUT2D eigenvalue weighted by molar-refractivity contribution is -0.384. The number of benzene rings is 3. The predicted octanol–water partition coefficient (Wildman–Crippen LogP) is 5.67. The van der Waals surface area contributed by atoms with Gasteiger partial charge >= 0.3 is 0 Å². The molecule has 1 atom stereocenters. The molecular formula is C29H26N6O5S2. The quantitative estimate of drug-likeness (QED) is 0.0858. The second-order valence-electron chi connectivity index (χ2n) is 8.84. The van der Waals surface area contributed by atoms with Crippen LogP contribution in [0.2, 0.25) is 0 Å². The minimum atomic E-state index is -0.601. The molecule has 214 valence electrons. The molecule has 4 rings (SSSR count). The molecule has 3 N–H and O–H groups in total. The Labute approximate surface area is 249 Å². The summed E-state index contributed by atoms with van der Waals surface area (Å²) < 4.78 is 0. The number of nitrogens with one attached hydrogen (secondary N) is 3. The van der Waals surface area contributed by atoms with E-state index < -0.39 is 22.0 Å². The van der Waals surface area contributed by atoms with Crippen LogP contribution < -0.4 is 16.0 Å². The van der Waals surface area contributed by atoms with Gasteiger partial charge in [0.1, 0.15) is 10.7 Å². The van der Waals surface area contributed by atoms with Crippen LogP contribution in [-0.2, 0) is 9.59 Å². The molecule has 0 fully saturated rings. The highest BCUT2D eigenvalue weighted by Gasteiger charge is 2.20. The van der Waals surface area contributed by atoms with Crippen LogP contribution in [-0.4, -0.2) is 38.1 Å². The summed E-state index contributed by atoms with van der Waals surface area (Å²) in [5.74, 6) is -1.30. The summed E-state index contributed by atoms with van der Waals surface area (Å²) in [6, 6.07) is 21.0. The monoisotopic (exact) mass is 602 g/mol. The van der Waals surface area contributed by atoms with Crippen LogP contribution in [0.3, 0.4) is 0 Å². The van der Waals surface area contributed by atoms with E-state index in [1.165, 1.54) is 53.4 Å². The number of anilines is 2. The third-order valence-corrected chi connectivity index (χ3v) is 7.85. The summed E-state index contributed by atoms with van der Waals surface area (Å²) in [6.07, 6.45) is 1.99. The lowest BCUT2D eigenvalue weighted by atomic mass is 10.1. The van der Waals surface area contributed by atoms with Gasteiger partial charge in [0.05, 0.1) is 10.2 Å². The van der Waals surface area contributed by atoms with Crippen molar-refractivity contribution >= 4 is 63.4 Å². The highest BCUT2D eigenvalue weighted by atomic mass is 32.2. The van der Waals surface area contributed by atoms with Gasteiger partial charge in [0.25, 0.3) is 17.5 Å². The van der Waals surface area contributed by atoms with Gasteiger partial charge in [-0.1, -0.05) is 42.5 Å². The van der Waals surface area contributed by atoms with Gasteiger partial charge < -0.3 is 10.6 Å². The number of carbonyl (C=O) groups is 3. The molecule has 0 aliphatic carbocycles. The molecule has 0 radical (unpaired) electrons. The van der Waals surface area contributed by atoms with Crippen molar-refractivity contribution < 1.29 is 19.3 Å². The van der Waals surface area contributed by atoms with Gasteiger partial charge in [-0.25, -0.2) is 0 Å². The molecule has 11 nitrogen and oxygen atoms in total. The molecule has 1 aromatic heterocycles. The zero-order chi connectivity index (χ0) is 30.1.